The number of hydrogen-bond acceptors (Lipinski definition) is 1. The lowest BCUT2D eigenvalue weighted by molar-refractivity contribution is 0.555. The van der Waals surface area contributed by atoms with Crippen molar-refractivity contribution in [1.82, 2.24) is 0 Å². The van der Waals surface area contributed by atoms with Crippen molar-refractivity contribution in [2.45, 2.75) is 13.3 Å². The highest BCUT2D eigenvalue weighted by Crippen LogP contribution is 2.08. The van der Waals surface area contributed by atoms with Crippen molar-refractivity contribution in [3.05, 3.63) is 35.1 Å². The SMILES string of the molecule is Cc1cc(C[C]=O)ccc1F. The molecule has 0 saturated carbocycles. The average Bonchev–Trinajstić information content (AvgIpc) is 1.98. The minimum absolute atomic E-state index is 0.236. The van der Waals surface area contributed by atoms with Gasteiger partial charge in [0, 0.05) is 6.42 Å². The third-order valence-electron chi connectivity index (χ3n) is 1.50. The van der Waals surface area contributed by atoms with Crippen LogP contribution in [0.1, 0.15) is 11.1 Å². The molecule has 0 aliphatic carbocycles. The van der Waals surface area contributed by atoms with E-state index in [4.69, 9.17) is 0 Å². The quantitative estimate of drug-likeness (QED) is 0.629. The molecular formula is C9H8FO. The van der Waals surface area contributed by atoms with Crippen LogP contribution in [0.25, 0.3) is 0 Å². The number of halogens is 1. The monoisotopic (exact) mass is 151 g/mol. The fourth-order valence-corrected chi connectivity index (χ4v) is 0.900. The highest BCUT2D eigenvalue weighted by Gasteiger charge is 1.97. The second kappa shape index (κ2) is 3.28. The van der Waals surface area contributed by atoms with Gasteiger partial charge in [0.2, 0.25) is 6.29 Å². The van der Waals surface area contributed by atoms with Gasteiger partial charge < -0.3 is 0 Å². The molecule has 1 radical (unpaired) electrons. The van der Waals surface area contributed by atoms with Crippen LogP contribution in [0.2, 0.25) is 0 Å². The van der Waals surface area contributed by atoms with Crippen molar-refractivity contribution in [2.75, 3.05) is 0 Å². The van der Waals surface area contributed by atoms with Crippen LogP contribution in [-0.2, 0) is 11.2 Å². The van der Waals surface area contributed by atoms with Gasteiger partial charge in [0.05, 0.1) is 0 Å². The normalized spacial score (nSPS) is 9.64. The predicted molar refractivity (Wildman–Crippen MR) is 40.5 cm³/mol. The highest BCUT2D eigenvalue weighted by atomic mass is 19.1. The van der Waals surface area contributed by atoms with Gasteiger partial charge in [-0.25, -0.2) is 4.39 Å². The predicted octanol–water partition coefficient (Wildman–Crippen LogP) is 1.79. The number of aryl methyl sites for hydroxylation is 1. The van der Waals surface area contributed by atoms with Crippen LogP contribution in [0.3, 0.4) is 0 Å². The maximum atomic E-state index is 12.6. The Hall–Kier alpha value is -1.18. The molecule has 2 heteroatoms. The molecule has 0 amide bonds. The summed E-state index contributed by atoms with van der Waals surface area (Å²) in [6.07, 6.45) is 2.00. The van der Waals surface area contributed by atoms with Crippen molar-refractivity contribution in [3.8, 4) is 0 Å². The van der Waals surface area contributed by atoms with Crippen molar-refractivity contribution in [2.24, 2.45) is 0 Å². The molecule has 0 N–H and O–H groups in total. The summed E-state index contributed by atoms with van der Waals surface area (Å²) < 4.78 is 12.6. The zero-order valence-corrected chi connectivity index (χ0v) is 6.23. The molecule has 0 aliphatic rings. The van der Waals surface area contributed by atoms with Gasteiger partial charge in [-0.1, -0.05) is 12.1 Å². The Morgan fingerprint density at radius 2 is 2.27 bits per heavy atom. The van der Waals surface area contributed by atoms with Crippen LogP contribution < -0.4 is 0 Å². The van der Waals surface area contributed by atoms with Crippen LogP contribution >= 0.6 is 0 Å². The first-order valence-corrected chi connectivity index (χ1v) is 3.34. The minimum Gasteiger partial charge on any atom is -0.291 e. The van der Waals surface area contributed by atoms with Crippen molar-refractivity contribution >= 4 is 6.29 Å². The summed E-state index contributed by atoms with van der Waals surface area (Å²) in [6.45, 7) is 1.67. The van der Waals surface area contributed by atoms with E-state index in [9.17, 15) is 9.18 Å². The lowest BCUT2D eigenvalue weighted by Crippen LogP contribution is -1.88. The van der Waals surface area contributed by atoms with Gasteiger partial charge in [-0.2, -0.15) is 0 Å². The number of benzene rings is 1. The van der Waals surface area contributed by atoms with E-state index in [1.165, 1.54) is 6.07 Å². The third-order valence-corrected chi connectivity index (χ3v) is 1.50. The number of carbonyl (C=O) groups excluding carboxylic acids is 1. The van der Waals surface area contributed by atoms with E-state index in [0.29, 0.717) is 5.56 Å². The Kier molecular flexibility index (Phi) is 2.36. The molecule has 0 heterocycles. The lowest BCUT2D eigenvalue weighted by atomic mass is 10.1. The van der Waals surface area contributed by atoms with Crippen molar-refractivity contribution in [1.29, 1.82) is 0 Å². The summed E-state index contributed by atoms with van der Waals surface area (Å²) in [5, 5.41) is 0. The first-order valence-electron chi connectivity index (χ1n) is 3.34. The standard InChI is InChI=1S/C9H8FO/c1-7-6-8(4-5-11)2-3-9(7)10/h2-3,6H,4H2,1H3. The molecule has 0 unspecified atom stereocenters. The van der Waals surface area contributed by atoms with E-state index < -0.39 is 0 Å². The van der Waals surface area contributed by atoms with Crippen LogP contribution in [0.5, 0.6) is 0 Å². The smallest absolute Gasteiger partial charge is 0.203 e. The Bertz CT molecular complexity index is 268. The third kappa shape index (κ3) is 1.87. The highest BCUT2D eigenvalue weighted by molar-refractivity contribution is 5.55. The molecule has 0 aliphatic heterocycles. The van der Waals surface area contributed by atoms with Crippen LogP contribution in [-0.4, -0.2) is 6.29 Å². The van der Waals surface area contributed by atoms with E-state index in [2.05, 4.69) is 0 Å². The summed E-state index contributed by atoms with van der Waals surface area (Å²) in [5.41, 5.74) is 1.37. The largest absolute Gasteiger partial charge is 0.291 e. The second-order valence-corrected chi connectivity index (χ2v) is 2.40. The van der Waals surface area contributed by atoms with E-state index in [0.717, 1.165) is 5.56 Å². The van der Waals surface area contributed by atoms with Gasteiger partial charge in [-0.3, -0.25) is 4.79 Å². The molecule has 0 saturated heterocycles. The molecule has 0 spiro atoms. The molecule has 0 fully saturated rings. The molecular weight excluding hydrogens is 143 g/mol. The first kappa shape index (κ1) is 7.92. The maximum absolute atomic E-state index is 12.6. The van der Waals surface area contributed by atoms with Crippen molar-refractivity contribution in [3.63, 3.8) is 0 Å². The molecule has 0 atom stereocenters. The number of rotatable bonds is 2. The van der Waals surface area contributed by atoms with E-state index >= 15 is 0 Å². The summed E-state index contributed by atoms with van der Waals surface area (Å²) >= 11 is 0. The molecule has 0 aromatic heterocycles. The first-order chi connectivity index (χ1) is 5.24. The summed E-state index contributed by atoms with van der Waals surface area (Å²) in [4.78, 5) is 9.95. The summed E-state index contributed by atoms with van der Waals surface area (Å²) in [5.74, 6) is -0.236. The molecule has 1 aromatic rings. The topological polar surface area (TPSA) is 17.1 Å². The van der Waals surface area contributed by atoms with Crippen LogP contribution in [0.15, 0.2) is 18.2 Å². The lowest BCUT2D eigenvalue weighted by Gasteiger charge is -1.97. The van der Waals surface area contributed by atoms with E-state index in [1.807, 2.05) is 0 Å². The van der Waals surface area contributed by atoms with E-state index in [-0.39, 0.29) is 12.2 Å². The Labute approximate surface area is 64.9 Å². The van der Waals surface area contributed by atoms with Crippen molar-refractivity contribution < 1.29 is 9.18 Å². The summed E-state index contributed by atoms with van der Waals surface area (Å²) in [7, 11) is 0. The fraction of sp³-hybridized carbons (Fsp3) is 0.222. The van der Waals surface area contributed by atoms with Gasteiger partial charge in [-0.05, 0) is 24.1 Å². The molecule has 57 valence electrons. The average molecular weight is 151 g/mol. The summed E-state index contributed by atoms with van der Waals surface area (Å²) in [6, 6.07) is 4.61. The van der Waals surface area contributed by atoms with Gasteiger partial charge in [-0.15, -0.1) is 0 Å². The van der Waals surface area contributed by atoms with Gasteiger partial charge in [0.25, 0.3) is 0 Å². The molecule has 1 rings (SSSR count). The Morgan fingerprint density at radius 3 is 2.82 bits per heavy atom. The maximum Gasteiger partial charge on any atom is 0.203 e. The Morgan fingerprint density at radius 1 is 1.55 bits per heavy atom. The van der Waals surface area contributed by atoms with Gasteiger partial charge >= 0.3 is 0 Å². The minimum atomic E-state index is -0.236. The number of hydrogen-bond donors (Lipinski definition) is 0. The zero-order chi connectivity index (χ0) is 8.27. The molecule has 1 aromatic carbocycles. The molecule has 11 heavy (non-hydrogen) atoms. The molecule has 0 bridgehead atoms. The van der Waals surface area contributed by atoms with Crippen LogP contribution in [0, 0.1) is 12.7 Å². The van der Waals surface area contributed by atoms with Gasteiger partial charge in [0.1, 0.15) is 5.82 Å². The molecule has 1 nitrogen and oxygen atoms in total. The Balaban J connectivity index is 2.95. The van der Waals surface area contributed by atoms with E-state index in [1.54, 1.807) is 25.3 Å². The van der Waals surface area contributed by atoms with Crippen LogP contribution in [0.4, 0.5) is 4.39 Å². The van der Waals surface area contributed by atoms with Gasteiger partial charge in [0.15, 0.2) is 0 Å². The zero-order valence-electron chi connectivity index (χ0n) is 6.23. The fourth-order valence-electron chi connectivity index (χ4n) is 0.900. The second-order valence-electron chi connectivity index (χ2n) is 2.40.